The number of carbonyl (C=O) groups excluding carboxylic acids is 1. The molecule has 0 aliphatic heterocycles. The molecule has 104 valence electrons. The van der Waals surface area contributed by atoms with Gasteiger partial charge in [0, 0.05) is 22.6 Å². The van der Waals surface area contributed by atoms with Crippen molar-refractivity contribution in [3.05, 3.63) is 69.7 Å². The Hall–Kier alpha value is -1.65. The normalized spacial score (nSPS) is 12.1. The van der Waals surface area contributed by atoms with E-state index in [1.807, 2.05) is 36.4 Å². The molecule has 2 aromatic rings. The van der Waals surface area contributed by atoms with Crippen molar-refractivity contribution >= 4 is 21.8 Å². The fraction of sp³-hybridized carbons (Fsp3) is 0.188. The van der Waals surface area contributed by atoms with Crippen LogP contribution in [0.3, 0.4) is 0 Å². The van der Waals surface area contributed by atoms with Gasteiger partial charge in [-0.15, -0.1) is 0 Å². The van der Waals surface area contributed by atoms with Crippen LogP contribution in [-0.4, -0.2) is 5.91 Å². The third-order valence-corrected chi connectivity index (χ3v) is 3.92. The first-order chi connectivity index (χ1) is 9.58. The van der Waals surface area contributed by atoms with E-state index in [0.717, 1.165) is 10.0 Å². The van der Waals surface area contributed by atoms with Gasteiger partial charge in [0.05, 0.1) is 0 Å². The summed E-state index contributed by atoms with van der Waals surface area (Å²) in [6.45, 7) is 2.79. The van der Waals surface area contributed by atoms with Crippen LogP contribution in [-0.2, 0) is 6.54 Å². The van der Waals surface area contributed by atoms with Gasteiger partial charge in [0.1, 0.15) is 0 Å². The van der Waals surface area contributed by atoms with Crippen molar-refractivity contribution in [3.63, 3.8) is 0 Å². The summed E-state index contributed by atoms with van der Waals surface area (Å²) in [6, 6.07) is 15.7. The molecule has 0 saturated carbocycles. The zero-order chi connectivity index (χ0) is 14.5. The van der Waals surface area contributed by atoms with E-state index >= 15 is 0 Å². The molecule has 0 heterocycles. The average molecular weight is 333 g/mol. The Bertz CT molecular complexity index is 613. The Morgan fingerprint density at radius 1 is 1.25 bits per heavy atom. The average Bonchev–Trinajstić information content (AvgIpc) is 2.45. The molecule has 1 amide bonds. The molecule has 0 bridgehead atoms. The molecule has 2 rings (SSSR count). The van der Waals surface area contributed by atoms with Crippen LogP contribution in [0, 0.1) is 0 Å². The Morgan fingerprint density at radius 3 is 2.70 bits per heavy atom. The van der Waals surface area contributed by atoms with Crippen LogP contribution >= 0.6 is 15.9 Å². The molecule has 0 radical (unpaired) electrons. The fourth-order valence-electron chi connectivity index (χ4n) is 2.04. The molecule has 3 nitrogen and oxygen atoms in total. The SMILES string of the molecule is CC(NCc1cccc(C(N)=O)c1)c1ccccc1Br. The molecule has 20 heavy (non-hydrogen) atoms. The number of hydrogen-bond donors (Lipinski definition) is 2. The van der Waals surface area contributed by atoms with E-state index in [4.69, 9.17) is 5.73 Å². The smallest absolute Gasteiger partial charge is 0.248 e. The summed E-state index contributed by atoms with van der Waals surface area (Å²) >= 11 is 3.55. The first kappa shape index (κ1) is 14.8. The van der Waals surface area contributed by atoms with Gasteiger partial charge < -0.3 is 11.1 Å². The molecular formula is C16H17BrN2O. The van der Waals surface area contributed by atoms with Gasteiger partial charge in [-0.3, -0.25) is 4.79 Å². The Labute approximate surface area is 127 Å². The highest BCUT2D eigenvalue weighted by Crippen LogP contribution is 2.23. The number of primary amides is 1. The summed E-state index contributed by atoms with van der Waals surface area (Å²) in [5, 5.41) is 3.44. The molecule has 0 aliphatic rings. The van der Waals surface area contributed by atoms with Crippen LogP contribution in [0.4, 0.5) is 0 Å². The maximum Gasteiger partial charge on any atom is 0.248 e. The van der Waals surface area contributed by atoms with E-state index in [1.165, 1.54) is 5.56 Å². The van der Waals surface area contributed by atoms with Crippen LogP contribution in [0.15, 0.2) is 53.0 Å². The van der Waals surface area contributed by atoms with Crippen LogP contribution < -0.4 is 11.1 Å². The first-order valence-electron chi connectivity index (χ1n) is 6.44. The van der Waals surface area contributed by atoms with Crippen LogP contribution in [0.1, 0.15) is 34.5 Å². The van der Waals surface area contributed by atoms with Crippen molar-refractivity contribution in [1.29, 1.82) is 0 Å². The monoisotopic (exact) mass is 332 g/mol. The lowest BCUT2D eigenvalue weighted by Gasteiger charge is -2.16. The summed E-state index contributed by atoms with van der Waals surface area (Å²) in [6.07, 6.45) is 0. The van der Waals surface area contributed by atoms with Gasteiger partial charge in [-0.05, 0) is 36.2 Å². The second-order valence-corrected chi connectivity index (χ2v) is 5.54. The third-order valence-electron chi connectivity index (χ3n) is 3.20. The minimum Gasteiger partial charge on any atom is -0.366 e. The third kappa shape index (κ3) is 3.68. The van der Waals surface area contributed by atoms with Gasteiger partial charge in [-0.2, -0.15) is 0 Å². The Morgan fingerprint density at radius 2 is 2.00 bits per heavy atom. The quantitative estimate of drug-likeness (QED) is 0.881. The standard InChI is InChI=1S/C16H17BrN2O/c1-11(14-7-2-3-8-15(14)17)19-10-12-5-4-6-13(9-12)16(18)20/h2-9,11,19H,10H2,1H3,(H2,18,20). The molecule has 1 unspecified atom stereocenters. The molecule has 3 N–H and O–H groups in total. The molecule has 0 aromatic heterocycles. The molecular weight excluding hydrogens is 316 g/mol. The zero-order valence-corrected chi connectivity index (χ0v) is 12.9. The van der Waals surface area contributed by atoms with Gasteiger partial charge >= 0.3 is 0 Å². The summed E-state index contributed by atoms with van der Waals surface area (Å²) in [5.74, 6) is -0.397. The van der Waals surface area contributed by atoms with Crippen molar-refractivity contribution in [1.82, 2.24) is 5.32 Å². The minimum atomic E-state index is -0.397. The topological polar surface area (TPSA) is 55.1 Å². The molecule has 4 heteroatoms. The number of carbonyl (C=O) groups is 1. The molecule has 1 atom stereocenters. The number of nitrogens with two attached hydrogens (primary N) is 1. The van der Waals surface area contributed by atoms with Gasteiger partial charge in [0.2, 0.25) is 5.91 Å². The first-order valence-corrected chi connectivity index (χ1v) is 7.24. The second-order valence-electron chi connectivity index (χ2n) is 4.69. The highest BCUT2D eigenvalue weighted by molar-refractivity contribution is 9.10. The largest absolute Gasteiger partial charge is 0.366 e. The Kier molecular flexibility index (Phi) is 4.93. The van der Waals surface area contributed by atoms with E-state index in [0.29, 0.717) is 12.1 Å². The van der Waals surface area contributed by atoms with Crippen molar-refractivity contribution in [3.8, 4) is 0 Å². The number of benzene rings is 2. The lowest BCUT2D eigenvalue weighted by molar-refractivity contribution is 0.1000. The van der Waals surface area contributed by atoms with E-state index in [-0.39, 0.29) is 6.04 Å². The van der Waals surface area contributed by atoms with Crippen LogP contribution in [0.5, 0.6) is 0 Å². The maximum atomic E-state index is 11.2. The molecule has 0 aliphatic carbocycles. The lowest BCUT2D eigenvalue weighted by Crippen LogP contribution is -2.19. The van der Waals surface area contributed by atoms with Crippen molar-refractivity contribution in [2.24, 2.45) is 5.73 Å². The van der Waals surface area contributed by atoms with Crippen LogP contribution in [0.25, 0.3) is 0 Å². The van der Waals surface area contributed by atoms with Crippen molar-refractivity contribution in [2.75, 3.05) is 0 Å². The van der Waals surface area contributed by atoms with E-state index in [9.17, 15) is 4.79 Å². The lowest BCUT2D eigenvalue weighted by atomic mass is 10.1. The number of hydrogen-bond acceptors (Lipinski definition) is 2. The predicted octanol–water partition coefficient (Wildman–Crippen LogP) is 3.40. The number of rotatable bonds is 5. The van der Waals surface area contributed by atoms with Crippen molar-refractivity contribution in [2.45, 2.75) is 19.5 Å². The predicted molar refractivity (Wildman–Crippen MR) is 84.4 cm³/mol. The highest BCUT2D eigenvalue weighted by atomic mass is 79.9. The minimum absolute atomic E-state index is 0.211. The zero-order valence-electron chi connectivity index (χ0n) is 11.3. The highest BCUT2D eigenvalue weighted by Gasteiger charge is 2.08. The Balaban J connectivity index is 2.04. The molecule has 0 saturated heterocycles. The summed E-state index contributed by atoms with van der Waals surface area (Å²) in [4.78, 5) is 11.2. The summed E-state index contributed by atoms with van der Waals surface area (Å²) in [5.41, 5.74) is 8.07. The van der Waals surface area contributed by atoms with Gasteiger partial charge in [-0.1, -0.05) is 46.3 Å². The molecule has 2 aromatic carbocycles. The fourth-order valence-corrected chi connectivity index (χ4v) is 2.67. The number of amides is 1. The van der Waals surface area contributed by atoms with Gasteiger partial charge in [0.25, 0.3) is 0 Å². The van der Waals surface area contributed by atoms with Crippen molar-refractivity contribution < 1.29 is 4.79 Å². The van der Waals surface area contributed by atoms with Gasteiger partial charge in [0.15, 0.2) is 0 Å². The maximum absolute atomic E-state index is 11.2. The number of halogens is 1. The van der Waals surface area contributed by atoms with E-state index < -0.39 is 5.91 Å². The van der Waals surface area contributed by atoms with E-state index in [2.05, 4.69) is 34.2 Å². The number of nitrogens with one attached hydrogen (secondary N) is 1. The summed E-state index contributed by atoms with van der Waals surface area (Å²) in [7, 11) is 0. The van der Waals surface area contributed by atoms with Crippen LogP contribution in [0.2, 0.25) is 0 Å². The second kappa shape index (κ2) is 6.68. The molecule has 0 fully saturated rings. The molecule has 0 spiro atoms. The van der Waals surface area contributed by atoms with E-state index in [1.54, 1.807) is 6.07 Å². The summed E-state index contributed by atoms with van der Waals surface area (Å²) < 4.78 is 1.09. The van der Waals surface area contributed by atoms with Gasteiger partial charge in [-0.25, -0.2) is 0 Å².